The van der Waals surface area contributed by atoms with Crippen LogP contribution < -0.4 is 0 Å². The van der Waals surface area contributed by atoms with Crippen molar-refractivity contribution < 1.29 is 0 Å². The average Bonchev–Trinajstić information content (AvgIpc) is 3.56. The van der Waals surface area contributed by atoms with Crippen molar-refractivity contribution in [1.82, 2.24) is 0 Å². The van der Waals surface area contributed by atoms with E-state index in [1.807, 2.05) is 0 Å². The first-order valence-electron chi connectivity index (χ1n) is 17.8. The zero-order chi connectivity index (χ0) is 31.2. The standard InChI is InChI=1S/C44H56/c1-29(2)25-43(26-30(3)4)39-15-11-12-16-40(39)44(27-31(5)6,28-32(7)8)42-24-38-35(21-22-36(38)23-41(42)43)20-19-34-18-17-33-13-9-10-14-37(33)34/h9-18,21-24,29-32,34-35H,19-20,25-28H2,1-8H3. The average molecular weight is 585 g/mol. The third-order valence-electron chi connectivity index (χ3n) is 10.8. The Kier molecular flexibility index (Phi) is 8.60. The third kappa shape index (κ3) is 5.46. The predicted molar refractivity (Wildman–Crippen MR) is 191 cm³/mol. The number of allylic oxidation sites excluding steroid dienone is 2. The number of rotatable bonds is 11. The quantitative estimate of drug-likeness (QED) is 0.210. The van der Waals surface area contributed by atoms with E-state index in [2.05, 4.69) is 140 Å². The van der Waals surface area contributed by atoms with E-state index in [9.17, 15) is 0 Å². The second kappa shape index (κ2) is 12.2. The van der Waals surface area contributed by atoms with Crippen molar-refractivity contribution in [2.24, 2.45) is 23.7 Å². The van der Waals surface area contributed by atoms with E-state index in [1.165, 1.54) is 55.2 Å². The molecule has 0 aromatic heterocycles. The lowest BCUT2D eigenvalue weighted by Crippen LogP contribution is -2.45. The monoisotopic (exact) mass is 584 g/mol. The van der Waals surface area contributed by atoms with E-state index in [4.69, 9.17) is 0 Å². The van der Waals surface area contributed by atoms with Crippen LogP contribution in [0.15, 0.2) is 72.8 Å². The zero-order valence-electron chi connectivity index (χ0n) is 28.8. The summed E-state index contributed by atoms with van der Waals surface area (Å²) in [7, 11) is 0. The first kappa shape index (κ1) is 31.1. The molecule has 0 radical (unpaired) electrons. The lowest BCUT2D eigenvalue weighted by molar-refractivity contribution is 0.273. The second-order valence-corrected chi connectivity index (χ2v) is 16.3. The van der Waals surface area contributed by atoms with E-state index in [1.54, 1.807) is 27.8 Å². The van der Waals surface area contributed by atoms with Crippen LogP contribution in [0.3, 0.4) is 0 Å². The molecule has 0 spiro atoms. The maximum absolute atomic E-state index is 2.75. The lowest BCUT2D eigenvalue weighted by atomic mass is 9.51. The molecule has 0 saturated heterocycles. The van der Waals surface area contributed by atoms with Crippen LogP contribution in [0.5, 0.6) is 0 Å². The van der Waals surface area contributed by atoms with E-state index < -0.39 is 0 Å². The molecule has 44 heavy (non-hydrogen) atoms. The fourth-order valence-corrected chi connectivity index (χ4v) is 9.84. The van der Waals surface area contributed by atoms with Gasteiger partial charge in [-0.3, -0.25) is 0 Å². The summed E-state index contributed by atoms with van der Waals surface area (Å²) in [5.41, 5.74) is 12.6. The molecule has 0 heteroatoms. The minimum atomic E-state index is 0.0427. The highest BCUT2D eigenvalue weighted by Crippen LogP contribution is 2.59. The summed E-state index contributed by atoms with van der Waals surface area (Å²) in [5.74, 6) is 3.52. The van der Waals surface area contributed by atoms with Gasteiger partial charge >= 0.3 is 0 Å². The summed E-state index contributed by atoms with van der Waals surface area (Å²) in [6.45, 7) is 19.5. The first-order chi connectivity index (χ1) is 21.0. The predicted octanol–water partition coefficient (Wildman–Crippen LogP) is 12.5. The summed E-state index contributed by atoms with van der Waals surface area (Å²) in [5, 5.41) is 0. The molecule has 3 aromatic carbocycles. The number of hydrogen-bond acceptors (Lipinski definition) is 0. The second-order valence-electron chi connectivity index (χ2n) is 16.3. The van der Waals surface area contributed by atoms with Crippen molar-refractivity contribution >= 4 is 12.2 Å². The van der Waals surface area contributed by atoms with Crippen LogP contribution in [0.4, 0.5) is 0 Å². The van der Waals surface area contributed by atoms with Crippen LogP contribution in [-0.2, 0) is 10.8 Å². The topological polar surface area (TPSA) is 0 Å². The molecule has 0 heterocycles. The number of fused-ring (bicyclic) bond motifs is 4. The largest absolute Gasteiger partial charge is 0.0764 e. The Morgan fingerprint density at radius 1 is 0.477 bits per heavy atom. The van der Waals surface area contributed by atoms with Gasteiger partial charge in [0, 0.05) is 22.7 Å². The summed E-state index contributed by atoms with van der Waals surface area (Å²) in [6.07, 6.45) is 17.0. The molecular formula is C44H56. The Labute approximate surface area is 269 Å². The Morgan fingerprint density at radius 3 is 1.43 bits per heavy atom. The van der Waals surface area contributed by atoms with Crippen LogP contribution in [0.2, 0.25) is 0 Å². The van der Waals surface area contributed by atoms with Gasteiger partial charge in [-0.2, -0.15) is 0 Å². The Morgan fingerprint density at radius 2 is 0.909 bits per heavy atom. The zero-order valence-corrected chi connectivity index (χ0v) is 28.8. The summed E-state index contributed by atoms with van der Waals surface area (Å²) in [4.78, 5) is 0. The van der Waals surface area contributed by atoms with Crippen molar-refractivity contribution in [3.63, 3.8) is 0 Å². The fraction of sp³-hybridized carbons (Fsp3) is 0.500. The number of hydrogen-bond donors (Lipinski definition) is 0. The van der Waals surface area contributed by atoms with Gasteiger partial charge in [0.25, 0.3) is 0 Å². The molecule has 3 aliphatic carbocycles. The molecule has 0 amide bonds. The molecule has 0 aliphatic heterocycles. The Hall–Kier alpha value is -2.86. The highest BCUT2D eigenvalue weighted by molar-refractivity contribution is 5.70. The minimum absolute atomic E-state index is 0.0427. The van der Waals surface area contributed by atoms with Gasteiger partial charge in [0.15, 0.2) is 0 Å². The van der Waals surface area contributed by atoms with Gasteiger partial charge in [0.2, 0.25) is 0 Å². The summed E-state index contributed by atoms with van der Waals surface area (Å²) in [6, 6.07) is 24.1. The molecular weight excluding hydrogens is 528 g/mol. The maximum Gasteiger partial charge on any atom is 0.0214 e. The highest BCUT2D eigenvalue weighted by Gasteiger charge is 2.51. The van der Waals surface area contributed by atoms with Gasteiger partial charge in [0.05, 0.1) is 0 Å². The van der Waals surface area contributed by atoms with Crippen molar-refractivity contribution in [3.8, 4) is 0 Å². The van der Waals surface area contributed by atoms with E-state index in [0.717, 1.165) is 0 Å². The van der Waals surface area contributed by atoms with Crippen molar-refractivity contribution in [2.75, 3.05) is 0 Å². The molecule has 3 aliphatic rings. The van der Waals surface area contributed by atoms with Gasteiger partial charge in [-0.1, -0.05) is 140 Å². The molecule has 0 saturated carbocycles. The molecule has 0 bridgehead atoms. The van der Waals surface area contributed by atoms with Gasteiger partial charge in [-0.15, -0.1) is 0 Å². The third-order valence-corrected chi connectivity index (χ3v) is 10.8. The van der Waals surface area contributed by atoms with Gasteiger partial charge in [-0.05, 0) is 107 Å². The van der Waals surface area contributed by atoms with Crippen LogP contribution in [-0.4, -0.2) is 0 Å². The van der Waals surface area contributed by atoms with E-state index in [-0.39, 0.29) is 10.8 Å². The molecule has 0 fully saturated rings. The molecule has 232 valence electrons. The molecule has 0 N–H and O–H groups in total. The Bertz CT molecular complexity index is 1520. The van der Waals surface area contributed by atoms with Crippen molar-refractivity contribution in [1.29, 1.82) is 0 Å². The van der Waals surface area contributed by atoms with Crippen molar-refractivity contribution in [3.05, 3.63) is 117 Å². The van der Waals surface area contributed by atoms with Gasteiger partial charge in [0.1, 0.15) is 0 Å². The van der Waals surface area contributed by atoms with E-state index >= 15 is 0 Å². The van der Waals surface area contributed by atoms with Crippen molar-refractivity contribution in [2.45, 2.75) is 117 Å². The molecule has 2 unspecified atom stereocenters. The summed E-state index contributed by atoms with van der Waals surface area (Å²) >= 11 is 0. The highest BCUT2D eigenvalue weighted by atomic mass is 14.5. The molecule has 3 aromatic rings. The summed E-state index contributed by atoms with van der Waals surface area (Å²) < 4.78 is 0. The number of benzene rings is 3. The maximum atomic E-state index is 2.75. The minimum Gasteiger partial charge on any atom is -0.0764 e. The van der Waals surface area contributed by atoms with Crippen LogP contribution in [0.25, 0.3) is 12.2 Å². The Balaban J connectivity index is 1.51. The van der Waals surface area contributed by atoms with Crippen LogP contribution in [0.1, 0.15) is 150 Å². The van der Waals surface area contributed by atoms with Gasteiger partial charge < -0.3 is 0 Å². The SMILES string of the molecule is CC(C)CC1(CC(C)C)c2ccccc2C(CC(C)C)(CC(C)C)c2cc3c(cc21)C=CC3CCC1C=Cc2ccccc21. The lowest BCUT2D eigenvalue weighted by Gasteiger charge is -2.52. The fourth-order valence-electron chi connectivity index (χ4n) is 9.84. The molecule has 2 atom stereocenters. The smallest absolute Gasteiger partial charge is 0.0214 e. The van der Waals surface area contributed by atoms with Crippen LogP contribution in [0, 0.1) is 23.7 Å². The normalized spacial score (nSPS) is 20.5. The first-order valence-corrected chi connectivity index (χ1v) is 17.8. The molecule has 0 nitrogen and oxygen atoms in total. The van der Waals surface area contributed by atoms with Crippen LogP contribution >= 0.6 is 0 Å². The van der Waals surface area contributed by atoms with E-state index in [0.29, 0.717) is 35.5 Å². The van der Waals surface area contributed by atoms with Gasteiger partial charge in [-0.25, -0.2) is 0 Å². The molecule has 6 rings (SSSR count).